The van der Waals surface area contributed by atoms with Crippen molar-refractivity contribution < 1.29 is 4.74 Å². The van der Waals surface area contributed by atoms with E-state index < -0.39 is 0 Å². The maximum absolute atomic E-state index is 5.49. The smallest absolute Gasteiger partial charge is 0.161 e. The highest BCUT2D eigenvalue weighted by atomic mass is 32.2. The summed E-state index contributed by atoms with van der Waals surface area (Å²) < 4.78 is 7.57. The number of aromatic nitrogens is 2. The Morgan fingerprint density at radius 1 is 1.56 bits per heavy atom. The Kier molecular flexibility index (Phi) is 4.56. The molecule has 0 saturated carbocycles. The summed E-state index contributed by atoms with van der Waals surface area (Å²) in [6.45, 7) is 4.31. The largest absolute Gasteiger partial charge is 0.493 e. The molecule has 0 aliphatic carbocycles. The molecule has 1 N–H and O–H groups in total. The van der Waals surface area contributed by atoms with Gasteiger partial charge in [0.25, 0.3) is 0 Å². The molecule has 2 rings (SSSR count). The highest BCUT2D eigenvalue weighted by molar-refractivity contribution is 8.00. The molecule has 1 fully saturated rings. The predicted octanol–water partition coefficient (Wildman–Crippen LogP) is 2.63. The van der Waals surface area contributed by atoms with E-state index >= 15 is 0 Å². The van der Waals surface area contributed by atoms with E-state index in [-0.39, 0.29) is 0 Å². The number of hydrogen-bond donors (Lipinski definition) is 1. The van der Waals surface area contributed by atoms with Gasteiger partial charge in [0.05, 0.1) is 25.0 Å². The molecular weight excluding hydrogens is 246 g/mol. The van der Waals surface area contributed by atoms with Gasteiger partial charge in [0.2, 0.25) is 0 Å². The van der Waals surface area contributed by atoms with E-state index in [0.29, 0.717) is 17.3 Å². The van der Waals surface area contributed by atoms with Gasteiger partial charge in [-0.2, -0.15) is 16.9 Å². The van der Waals surface area contributed by atoms with Crippen molar-refractivity contribution >= 4 is 11.8 Å². The standard InChI is InChI=1S/C13H23N3OS/c1-9(2)16-13(10(17-4)8-15-16)12(14-3)11-6-5-7-18-11/h8-9,11-12,14H,5-7H2,1-4H3. The van der Waals surface area contributed by atoms with Gasteiger partial charge in [-0.3, -0.25) is 4.68 Å². The Balaban J connectivity index is 2.35. The topological polar surface area (TPSA) is 39.1 Å². The Bertz CT molecular complexity index is 386. The van der Waals surface area contributed by atoms with Crippen LogP contribution in [-0.4, -0.2) is 34.9 Å². The van der Waals surface area contributed by atoms with Crippen LogP contribution < -0.4 is 10.1 Å². The van der Waals surface area contributed by atoms with Crippen LogP contribution in [-0.2, 0) is 0 Å². The first-order valence-corrected chi connectivity index (χ1v) is 7.64. The molecule has 0 amide bonds. The lowest BCUT2D eigenvalue weighted by atomic mass is 10.1. The van der Waals surface area contributed by atoms with Crippen molar-refractivity contribution in [3.8, 4) is 5.75 Å². The van der Waals surface area contributed by atoms with Crippen LogP contribution in [0.4, 0.5) is 0 Å². The van der Waals surface area contributed by atoms with Gasteiger partial charge in [-0.1, -0.05) is 0 Å². The lowest BCUT2D eigenvalue weighted by Crippen LogP contribution is -2.29. The fourth-order valence-electron chi connectivity index (χ4n) is 2.58. The summed E-state index contributed by atoms with van der Waals surface area (Å²) >= 11 is 2.05. The molecule has 2 heterocycles. The number of nitrogens with one attached hydrogen (secondary N) is 1. The van der Waals surface area contributed by atoms with Crippen LogP contribution in [0.15, 0.2) is 6.20 Å². The summed E-state index contributed by atoms with van der Waals surface area (Å²) in [5, 5.41) is 8.55. The van der Waals surface area contributed by atoms with Gasteiger partial charge in [-0.05, 0) is 39.5 Å². The summed E-state index contributed by atoms with van der Waals surface area (Å²) in [5.41, 5.74) is 1.19. The number of nitrogens with zero attached hydrogens (tertiary/aromatic N) is 2. The van der Waals surface area contributed by atoms with Crippen molar-refractivity contribution in [1.29, 1.82) is 0 Å². The minimum absolute atomic E-state index is 0.317. The summed E-state index contributed by atoms with van der Waals surface area (Å²) in [5.74, 6) is 2.16. The van der Waals surface area contributed by atoms with Gasteiger partial charge in [-0.15, -0.1) is 0 Å². The molecule has 1 aliphatic rings. The van der Waals surface area contributed by atoms with Crippen LogP contribution in [0, 0.1) is 0 Å². The third-order valence-corrected chi connectivity index (χ3v) is 4.91. The summed E-state index contributed by atoms with van der Waals surface area (Å²) in [4.78, 5) is 0. The van der Waals surface area contributed by atoms with Gasteiger partial charge in [0, 0.05) is 11.3 Å². The Morgan fingerprint density at radius 2 is 2.33 bits per heavy atom. The van der Waals surface area contributed by atoms with Crippen LogP contribution in [0.1, 0.15) is 44.5 Å². The maximum atomic E-state index is 5.49. The zero-order valence-corrected chi connectivity index (χ0v) is 12.5. The second kappa shape index (κ2) is 5.97. The summed E-state index contributed by atoms with van der Waals surface area (Å²) in [7, 11) is 3.75. The van der Waals surface area contributed by atoms with Crippen molar-refractivity contribution in [2.24, 2.45) is 0 Å². The van der Waals surface area contributed by atoms with Gasteiger partial charge in [0.15, 0.2) is 5.75 Å². The minimum Gasteiger partial charge on any atom is -0.493 e. The van der Waals surface area contributed by atoms with E-state index in [1.807, 2.05) is 13.2 Å². The molecule has 1 aromatic rings. The second-order valence-corrected chi connectivity index (χ2v) is 6.30. The fraction of sp³-hybridized carbons (Fsp3) is 0.769. The molecule has 0 radical (unpaired) electrons. The molecule has 2 unspecified atom stereocenters. The Morgan fingerprint density at radius 3 is 2.83 bits per heavy atom. The van der Waals surface area contributed by atoms with E-state index in [4.69, 9.17) is 4.74 Å². The summed E-state index contributed by atoms with van der Waals surface area (Å²) in [6, 6.07) is 0.670. The average Bonchev–Trinajstić information content (AvgIpc) is 2.99. The van der Waals surface area contributed by atoms with Crippen molar-refractivity contribution in [2.45, 2.75) is 44.0 Å². The molecule has 5 heteroatoms. The molecule has 0 bridgehead atoms. The third kappa shape index (κ3) is 2.52. The lowest BCUT2D eigenvalue weighted by Gasteiger charge is -2.25. The third-order valence-electron chi connectivity index (χ3n) is 3.45. The molecule has 2 atom stereocenters. The van der Waals surface area contributed by atoms with Crippen molar-refractivity contribution in [2.75, 3.05) is 19.9 Å². The minimum atomic E-state index is 0.317. The Labute approximate surface area is 113 Å². The zero-order valence-electron chi connectivity index (χ0n) is 11.6. The van der Waals surface area contributed by atoms with Crippen molar-refractivity contribution in [3.05, 3.63) is 11.9 Å². The highest BCUT2D eigenvalue weighted by Crippen LogP contribution is 2.39. The molecule has 0 spiro atoms. The van der Waals surface area contributed by atoms with Crippen molar-refractivity contribution in [1.82, 2.24) is 15.1 Å². The van der Waals surface area contributed by atoms with E-state index in [1.165, 1.54) is 24.3 Å². The van der Waals surface area contributed by atoms with Gasteiger partial charge in [0.1, 0.15) is 0 Å². The normalized spacial score (nSPS) is 21.5. The van der Waals surface area contributed by atoms with Crippen LogP contribution >= 0.6 is 11.8 Å². The van der Waals surface area contributed by atoms with Crippen LogP contribution in [0.3, 0.4) is 0 Å². The predicted molar refractivity (Wildman–Crippen MR) is 76.4 cm³/mol. The van der Waals surface area contributed by atoms with Gasteiger partial charge >= 0.3 is 0 Å². The second-order valence-electron chi connectivity index (χ2n) is 4.95. The van der Waals surface area contributed by atoms with Gasteiger partial charge in [-0.25, -0.2) is 0 Å². The number of ether oxygens (including phenoxy) is 1. The molecule has 1 aliphatic heterocycles. The Hall–Kier alpha value is -0.680. The number of rotatable bonds is 5. The van der Waals surface area contributed by atoms with Crippen LogP contribution in [0.5, 0.6) is 5.75 Å². The molecular formula is C13H23N3OS. The molecule has 102 valence electrons. The molecule has 18 heavy (non-hydrogen) atoms. The summed E-state index contributed by atoms with van der Waals surface area (Å²) in [6.07, 6.45) is 4.41. The molecule has 1 saturated heterocycles. The number of thioether (sulfide) groups is 1. The number of hydrogen-bond acceptors (Lipinski definition) is 4. The fourth-order valence-corrected chi connectivity index (χ4v) is 4.01. The highest BCUT2D eigenvalue weighted by Gasteiger charge is 2.31. The first-order chi connectivity index (χ1) is 8.69. The zero-order chi connectivity index (χ0) is 13.1. The van der Waals surface area contributed by atoms with E-state index in [2.05, 4.69) is 40.7 Å². The van der Waals surface area contributed by atoms with E-state index in [0.717, 1.165) is 5.75 Å². The number of methoxy groups -OCH3 is 1. The van der Waals surface area contributed by atoms with Crippen LogP contribution in [0.2, 0.25) is 0 Å². The monoisotopic (exact) mass is 269 g/mol. The van der Waals surface area contributed by atoms with E-state index in [9.17, 15) is 0 Å². The lowest BCUT2D eigenvalue weighted by molar-refractivity contribution is 0.385. The first-order valence-electron chi connectivity index (χ1n) is 6.59. The quantitative estimate of drug-likeness (QED) is 0.892. The average molecular weight is 269 g/mol. The molecule has 4 nitrogen and oxygen atoms in total. The molecule has 1 aromatic heterocycles. The van der Waals surface area contributed by atoms with E-state index in [1.54, 1.807) is 7.11 Å². The van der Waals surface area contributed by atoms with Crippen molar-refractivity contribution in [3.63, 3.8) is 0 Å². The SMILES string of the molecule is CNC(c1c(OC)cnn1C(C)C)C1CCCS1. The maximum Gasteiger partial charge on any atom is 0.161 e. The van der Waals surface area contributed by atoms with Crippen LogP contribution in [0.25, 0.3) is 0 Å². The molecule has 0 aromatic carbocycles. The van der Waals surface area contributed by atoms with Gasteiger partial charge < -0.3 is 10.1 Å². The first kappa shape index (κ1) is 13.7.